The number of ether oxygens (including phenoxy) is 1. The Labute approximate surface area is 178 Å². The van der Waals surface area contributed by atoms with Gasteiger partial charge in [-0.15, -0.1) is 0 Å². The molecule has 3 aromatic rings. The largest absolute Gasteiger partial charge is 0.484 e. The number of carbonyl (C=O) groups is 2. The number of carbonyl (C=O) groups excluding carboxylic acids is 2. The number of likely N-dealkylation sites (N-methyl/N-ethyl adjacent to an activating group) is 1. The van der Waals surface area contributed by atoms with E-state index in [-0.39, 0.29) is 24.0 Å². The molecule has 158 valence electrons. The topological polar surface area (TPSA) is 103 Å². The predicted octanol–water partition coefficient (Wildman–Crippen LogP) is 4.22. The minimum Gasteiger partial charge on any atom is -0.484 e. The highest BCUT2D eigenvalue weighted by Crippen LogP contribution is 2.25. The zero-order chi connectivity index (χ0) is 22.4. The lowest BCUT2D eigenvalue weighted by Crippen LogP contribution is -2.27. The van der Waals surface area contributed by atoms with E-state index < -0.39 is 4.92 Å². The van der Waals surface area contributed by atoms with Crippen molar-refractivity contribution in [1.29, 1.82) is 0 Å². The number of ketones is 1. The van der Waals surface area contributed by atoms with E-state index in [0.717, 1.165) is 0 Å². The van der Waals surface area contributed by atoms with Gasteiger partial charge in [0.2, 0.25) is 0 Å². The molecule has 1 amide bonds. The van der Waals surface area contributed by atoms with Crippen LogP contribution in [0.15, 0.2) is 71.2 Å². The van der Waals surface area contributed by atoms with Gasteiger partial charge in [-0.2, -0.15) is 0 Å². The van der Waals surface area contributed by atoms with Crippen molar-refractivity contribution in [2.75, 3.05) is 20.7 Å². The number of allylic oxidation sites excluding steroid dienone is 1. The summed E-state index contributed by atoms with van der Waals surface area (Å²) in [7, 11) is 3.29. The normalized spacial score (nSPS) is 10.8. The van der Waals surface area contributed by atoms with Crippen LogP contribution in [-0.4, -0.2) is 42.2 Å². The van der Waals surface area contributed by atoms with Crippen LogP contribution in [0.1, 0.15) is 16.1 Å². The maximum Gasteiger partial charge on any atom is 0.269 e. The summed E-state index contributed by atoms with van der Waals surface area (Å²) in [5.41, 5.74) is 1.16. The van der Waals surface area contributed by atoms with Crippen molar-refractivity contribution >= 4 is 23.5 Å². The number of nitrogens with zero attached hydrogens (tertiary/aromatic N) is 2. The fourth-order valence-corrected chi connectivity index (χ4v) is 2.59. The number of benzene rings is 2. The third-order valence-corrected chi connectivity index (χ3v) is 4.39. The molecule has 1 heterocycles. The van der Waals surface area contributed by atoms with Crippen LogP contribution in [-0.2, 0) is 4.79 Å². The molecule has 8 nitrogen and oxygen atoms in total. The summed E-state index contributed by atoms with van der Waals surface area (Å²) < 4.78 is 11.1. The molecule has 0 atom stereocenters. The molecule has 0 spiro atoms. The first-order valence-electron chi connectivity index (χ1n) is 9.33. The molecule has 0 aliphatic carbocycles. The van der Waals surface area contributed by atoms with E-state index in [1.807, 2.05) is 0 Å². The molecule has 0 unspecified atom stereocenters. The summed E-state index contributed by atoms with van der Waals surface area (Å²) >= 11 is 0. The van der Waals surface area contributed by atoms with Gasteiger partial charge in [0.25, 0.3) is 11.6 Å². The Morgan fingerprint density at radius 3 is 2.32 bits per heavy atom. The first kappa shape index (κ1) is 21.5. The van der Waals surface area contributed by atoms with Crippen LogP contribution >= 0.6 is 0 Å². The smallest absolute Gasteiger partial charge is 0.269 e. The highest BCUT2D eigenvalue weighted by atomic mass is 16.6. The van der Waals surface area contributed by atoms with Crippen molar-refractivity contribution in [3.8, 4) is 17.1 Å². The van der Waals surface area contributed by atoms with E-state index in [1.165, 1.54) is 23.1 Å². The Bertz CT molecular complexity index is 1110. The quantitative estimate of drug-likeness (QED) is 0.234. The van der Waals surface area contributed by atoms with Crippen molar-refractivity contribution in [2.24, 2.45) is 0 Å². The van der Waals surface area contributed by atoms with E-state index in [0.29, 0.717) is 28.4 Å². The molecule has 0 N–H and O–H groups in total. The lowest BCUT2D eigenvalue weighted by Gasteiger charge is -2.11. The zero-order valence-corrected chi connectivity index (χ0v) is 17.0. The van der Waals surface area contributed by atoms with Crippen LogP contribution in [0.25, 0.3) is 17.4 Å². The molecule has 0 saturated carbocycles. The SMILES string of the molecule is CN(C)C(=O)COc1ccc(C(=O)/C=C/c2ccc(-c3ccc([N+](=O)[O-])cc3)o2)cc1. The van der Waals surface area contributed by atoms with Crippen LogP contribution in [0.2, 0.25) is 0 Å². The summed E-state index contributed by atoms with van der Waals surface area (Å²) in [6, 6.07) is 15.9. The molecule has 0 aliphatic heterocycles. The Kier molecular flexibility index (Phi) is 6.61. The molecule has 2 aromatic carbocycles. The second-order valence-corrected chi connectivity index (χ2v) is 6.80. The van der Waals surface area contributed by atoms with Crippen molar-refractivity contribution in [1.82, 2.24) is 4.90 Å². The number of non-ortho nitro benzene ring substituents is 1. The second-order valence-electron chi connectivity index (χ2n) is 6.80. The van der Waals surface area contributed by atoms with Gasteiger partial charge >= 0.3 is 0 Å². The van der Waals surface area contributed by atoms with E-state index in [2.05, 4.69) is 0 Å². The second kappa shape index (κ2) is 9.53. The minimum atomic E-state index is -0.465. The zero-order valence-electron chi connectivity index (χ0n) is 17.0. The van der Waals surface area contributed by atoms with Crippen LogP contribution in [0.4, 0.5) is 5.69 Å². The number of furan rings is 1. The number of nitro groups is 1. The Balaban J connectivity index is 1.61. The molecule has 0 aliphatic rings. The number of hydrogen-bond acceptors (Lipinski definition) is 6. The van der Waals surface area contributed by atoms with Gasteiger partial charge in [0.1, 0.15) is 17.3 Å². The standard InChI is InChI=1S/C23H20N2O6/c1-24(2)23(27)15-30-19-9-5-16(6-10-19)21(26)13-11-20-12-14-22(31-20)17-3-7-18(8-4-17)25(28)29/h3-14H,15H2,1-2H3/b13-11+. The van der Waals surface area contributed by atoms with Crippen molar-refractivity contribution in [2.45, 2.75) is 0 Å². The first-order valence-corrected chi connectivity index (χ1v) is 9.33. The summed E-state index contributed by atoms with van der Waals surface area (Å²) in [5, 5.41) is 10.7. The van der Waals surface area contributed by atoms with Gasteiger partial charge in [-0.1, -0.05) is 0 Å². The number of rotatable bonds is 8. The number of nitro benzene ring substituents is 1. The van der Waals surface area contributed by atoms with Gasteiger partial charge in [0.15, 0.2) is 12.4 Å². The summed E-state index contributed by atoms with van der Waals surface area (Å²) in [4.78, 5) is 35.6. The van der Waals surface area contributed by atoms with E-state index in [9.17, 15) is 19.7 Å². The van der Waals surface area contributed by atoms with Gasteiger partial charge in [0, 0.05) is 37.4 Å². The van der Waals surface area contributed by atoms with Gasteiger partial charge in [-0.25, -0.2) is 0 Å². The van der Waals surface area contributed by atoms with E-state index >= 15 is 0 Å². The lowest BCUT2D eigenvalue weighted by atomic mass is 10.1. The molecule has 3 rings (SSSR count). The van der Waals surface area contributed by atoms with Crippen LogP contribution in [0.3, 0.4) is 0 Å². The Hall–Kier alpha value is -4.20. The van der Waals surface area contributed by atoms with Crippen molar-refractivity contribution in [3.05, 3.63) is 88.2 Å². The molecule has 0 radical (unpaired) electrons. The molecule has 1 aromatic heterocycles. The van der Waals surface area contributed by atoms with Crippen molar-refractivity contribution in [3.63, 3.8) is 0 Å². The fourth-order valence-electron chi connectivity index (χ4n) is 2.59. The highest BCUT2D eigenvalue weighted by Gasteiger charge is 2.09. The maximum atomic E-state index is 12.4. The summed E-state index contributed by atoms with van der Waals surface area (Å²) in [6.45, 7) is -0.0736. The maximum absolute atomic E-state index is 12.4. The molecular formula is C23H20N2O6. The van der Waals surface area contributed by atoms with Gasteiger partial charge in [-0.05, 0) is 60.7 Å². The molecule has 0 bridgehead atoms. The summed E-state index contributed by atoms with van der Waals surface area (Å²) in [5.74, 6) is 1.13. The van der Waals surface area contributed by atoms with Crippen molar-refractivity contribution < 1.29 is 23.7 Å². The van der Waals surface area contributed by atoms with Gasteiger partial charge < -0.3 is 14.1 Å². The third kappa shape index (κ3) is 5.66. The van der Waals surface area contributed by atoms with E-state index in [1.54, 1.807) is 68.7 Å². The summed E-state index contributed by atoms with van der Waals surface area (Å²) in [6.07, 6.45) is 2.95. The van der Waals surface area contributed by atoms with Crippen LogP contribution < -0.4 is 4.74 Å². The average Bonchev–Trinajstić information content (AvgIpc) is 3.25. The van der Waals surface area contributed by atoms with Crippen LogP contribution in [0, 0.1) is 10.1 Å². The lowest BCUT2D eigenvalue weighted by molar-refractivity contribution is -0.384. The van der Waals surface area contributed by atoms with Gasteiger partial charge in [-0.3, -0.25) is 19.7 Å². The minimum absolute atomic E-state index is 0.00161. The predicted molar refractivity (Wildman–Crippen MR) is 115 cm³/mol. The Morgan fingerprint density at radius 2 is 1.71 bits per heavy atom. The van der Waals surface area contributed by atoms with E-state index in [4.69, 9.17) is 9.15 Å². The first-order chi connectivity index (χ1) is 14.8. The monoisotopic (exact) mass is 420 g/mol. The molecule has 0 saturated heterocycles. The number of amides is 1. The number of hydrogen-bond donors (Lipinski definition) is 0. The Morgan fingerprint density at radius 1 is 1.03 bits per heavy atom. The molecule has 8 heteroatoms. The molecule has 0 fully saturated rings. The average molecular weight is 420 g/mol. The highest BCUT2D eigenvalue weighted by molar-refractivity contribution is 6.06. The van der Waals surface area contributed by atoms with Crippen LogP contribution in [0.5, 0.6) is 5.75 Å². The fraction of sp³-hybridized carbons (Fsp3) is 0.130. The third-order valence-electron chi connectivity index (χ3n) is 4.39. The van der Waals surface area contributed by atoms with Gasteiger partial charge in [0.05, 0.1) is 4.92 Å². The molecular weight excluding hydrogens is 400 g/mol. The molecule has 31 heavy (non-hydrogen) atoms.